The highest BCUT2D eigenvalue weighted by Gasteiger charge is 2.45. The van der Waals surface area contributed by atoms with E-state index in [0.29, 0.717) is 17.2 Å². The van der Waals surface area contributed by atoms with E-state index in [1.54, 1.807) is 16.8 Å². The number of nitrogens with zero attached hydrogens (tertiary/aromatic N) is 4. The summed E-state index contributed by atoms with van der Waals surface area (Å²) in [5, 5.41) is 4.31. The van der Waals surface area contributed by atoms with Crippen molar-refractivity contribution in [1.29, 1.82) is 0 Å². The first-order valence-electron chi connectivity index (χ1n) is 5.52. The summed E-state index contributed by atoms with van der Waals surface area (Å²) < 4.78 is 32.6. The van der Waals surface area contributed by atoms with Crippen LogP contribution < -0.4 is 9.64 Å². The first-order valence-corrected chi connectivity index (χ1v) is 5.52. The monoisotopic (exact) mass is 254 g/mol. The zero-order valence-electron chi connectivity index (χ0n) is 10.0. The molecule has 1 aliphatic rings. The van der Waals surface area contributed by atoms with E-state index in [1.807, 2.05) is 6.92 Å². The normalized spacial score (nSPS) is 17.9. The molecule has 0 unspecified atom stereocenters. The number of ether oxygens (including phenoxy) is 1. The van der Waals surface area contributed by atoms with Crippen LogP contribution in [0, 0.1) is 6.92 Å². The first-order chi connectivity index (χ1) is 8.50. The molecule has 0 saturated carbocycles. The van der Waals surface area contributed by atoms with Crippen LogP contribution in [-0.4, -0.2) is 40.7 Å². The van der Waals surface area contributed by atoms with Crippen molar-refractivity contribution in [2.24, 2.45) is 0 Å². The Kier molecular flexibility index (Phi) is 2.20. The quantitative estimate of drug-likeness (QED) is 0.814. The maximum Gasteiger partial charge on any atom is 0.282 e. The highest BCUT2D eigenvalue weighted by Crippen LogP contribution is 2.36. The number of aromatic nitrogens is 3. The zero-order chi connectivity index (χ0) is 12.9. The molecule has 7 heteroatoms. The molecule has 1 fully saturated rings. The number of imidazole rings is 1. The molecule has 18 heavy (non-hydrogen) atoms. The van der Waals surface area contributed by atoms with Gasteiger partial charge in [-0.2, -0.15) is 0 Å². The number of methoxy groups -OCH3 is 1. The van der Waals surface area contributed by atoms with Gasteiger partial charge in [0.1, 0.15) is 0 Å². The molecular formula is C11H12F2N4O. The summed E-state index contributed by atoms with van der Waals surface area (Å²) in [6.07, 6.45) is 1.68. The zero-order valence-corrected chi connectivity index (χ0v) is 10.0. The molecule has 96 valence electrons. The van der Waals surface area contributed by atoms with Crippen LogP contribution in [0.4, 0.5) is 14.6 Å². The Hall–Kier alpha value is -1.92. The first kappa shape index (κ1) is 11.2. The fourth-order valence-corrected chi connectivity index (χ4v) is 2.04. The third-order valence-corrected chi connectivity index (χ3v) is 2.97. The molecule has 1 saturated heterocycles. The minimum Gasteiger partial charge on any atom is -0.493 e. The lowest BCUT2D eigenvalue weighted by atomic mass is 10.1. The van der Waals surface area contributed by atoms with E-state index in [9.17, 15) is 8.78 Å². The number of halogens is 2. The van der Waals surface area contributed by atoms with Gasteiger partial charge in [0.25, 0.3) is 5.92 Å². The van der Waals surface area contributed by atoms with Crippen LogP contribution in [0.25, 0.3) is 5.65 Å². The van der Waals surface area contributed by atoms with Crippen LogP contribution in [0.15, 0.2) is 12.3 Å². The van der Waals surface area contributed by atoms with Crippen molar-refractivity contribution < 1.29 is 13.5 Å². The van der Waals surface area contributed by atoms with E-state index in [4.69, 9.17) is 4.74 Å². The average Bonchev–Trinajstić information content (AvgIpc) is 2.66. The van der Waals surface area contributed by atoms with Crippen molar-refractivity contribution >= 4 is 11.5 Å². The van der Waals surface area contributed by atoms with Gasteiger partial charge in [-0.25, -0.2) is 18.3 Å². The molecule has 0 radical (unpaired) electrons. The summed E-state index contributed by atoms with van der Waals surface area (Å²) in [5.41, 5.74) is 1.49. The van der Waals surface area contributed by atoms with Crippen molar-refractivity contribution in [3.05, 3.63) is 18.0 Å². The Morgan fingerprint density at radius 1 is 1.39 bits per heavy atom. The fourth-order valence-electron chi connectivity index (χ4n) is 2.04. The summed E-state index contributed by atoms with van der Waals surface area (Å²) in [6.45, 7) is 1.21. The molecule has 0 N–H and O–H groups in total. The number of fused-ring (bicyclic) bond motifs is 1. The summed E-state index contributed by atoms with van der Waals surface area (Å²) in [7, 11) is 1.49. The van der Waals surface area contributed by atoms with Gasteiger partial charge in [-0.3, -0.25) is 0 Å². The van der Waals surface area contributed by atoms with Crippen molar-refractivity contribution in [3.63, 3.8) is 0 Å². The smallest absolute Gasteiger partial charge is 0.282 e. The number of anilines is 1. The van der Waals surface area contributed by atoms with E-state index in [0.717, 1.165) is 5.69 Å². The number of hydrogen-bond donors (Lipinski definition) is 0. The lowest BCUT2D eigenvalue weighted by molar-refractivity contribution is -0.0270. The summed E-state index contributed by atoms with van der Waals surface area (Å²) in [5.74, 6) is -1.74. The Balaban J connectivity index is 2.06. The molecule has 2 aromatic rings. The molecular weight excluding hydrogens is 242 g/mol. The molecule has 0 bridgehead atoms. The molecule has 3 heterocycles. The lowest BCUT2D eigenvalue weighted by Gasteiger charge is -2.39. The van der Waals surface area contributed by atoms with Gasteiger partial charge in [-0.1, -0.05) is 0 Å². The van der Waals surface area contributed by atoms with Crippen LogP contribution in [0.2, 0.25) is 0 Å². The molecule has 0 atom stereocenters. The topological polar surface area (TPSA) is 42.7 Å². The van der Waals surface area contributed by atoms with Crippen molar-refractivity contribution in [2.75, 3.05) is 25.1 Å². The van der Waals surface area contributed by atoms with Crippen LogP contribution in [0.5, 0.6) is 5.75 Å². The van der Waals surface area contributed by atoms with Gasteiger partial charge in [-0.05, 0) is 6.92 Å². The Morgan fingerprint density at radius 3 is 2.72 bits per heavy atom. The van der Waals surface area contributed by atoms with Crippen LogP contribution in [0.3, 0.4) is 0 Å². The third-order valence-electron chi connectivity index (χ3n) is 2.97. The van der Waals surface area contributed by atoms with Gasteiger partial charge >= 0.3 is 0 Å². The summed E-state index contributed by atoms with van der Waals surface area (Å²) in [6, 6.07) is 1.70. The highest BCUT2D eigenvalue weighted by molar-refractivity contribution is 5.60. The lowest BCUT2D eigenvalue weighted by Crippen LogP contribution is -2.56. The van der Waals surface area contributed by atoms with Gasteiger partial charge in [0.2, 0.25) is 0 Å². The van der Waals surface area contributed by atoms with E-state index >= 15 is 0 Å². The van der Waals surface area contributed by atoms with Gasteiger partial charge in [0.05, 0.1) is 32.1 Å². The number of hydrogen-bond acceptors (Lipinski definition) is 4. The predicted octanol–water partition coefficient (Wildman–Crippen LogP) is 1.50. The minimum absolute atomic E-state index is 0.324. The van der Waals surface area contributed by atoms with E-state index in [1.165, 1.54) is 12.0 Å². The summed E-state index contributed by atoms with van der Waals surface area (Å²) in [4.78, 5) is 5.65. The van der Waals surface area contributed by atoms with E-state index in [2.05, 4.69) is 10.1 Å². The number of aryl methyl sites for hydroxylation is 1. The molecule has 0 aromatic carbocycles. The fraction of sp³-hybridized carbons (Fsp3) is 0.455. The van der Waals surface area contributed by atoms with Gasteiger partial charge in [0.15, 0.2) is 17.2 Å². The van der Waals surface area contributed by atoms with E-state index < -0.39 is 5.92 Å². The average molecular weight is 254 g/mol. The largest absolute Gasteiger partial charge is 0.493 e. The second kappa shape index (κ2) is 3.54. The van der Waals surface area contributed by atoms with Crippen molar-refractivity contribution in [2.45, 2.75) is 12.8 Å². The Bertz CT molecular complexity index is 602. The molecule has 0 amide bonds. The van der Waals surface area contributed by atoms with Crippen LogP contribution >= 0.6 is 0 Å². The van der Waals surface area contributed by atoms with Crippen LogP contribution in [0.1, 0.15) is 5.69 Å². The van der Waals surface area contributed by atoms with Crippen molar-refractivity contribution in [1.82, 2.24) is 14.6 Å². The predicted molar refractivity (Wildman–Crippen MR) is 61.4 cm³/mol. The maximum atomic E-state index is 12.9. The Morgan fingerprint density at radius 2 is 2.11 bits per heavy atom. The van der Waals surface area contributed by atoms with Gasteiger partial charge in [-0.15, -0.1) is 5.10 Å². The molecule has 2 aromatic heterocycles. The number of rotatable bonds is 2. The third kappa shape index (κ3) is 1.58. The maximum absolute atomic E-state index is 12.9. The molecule has 5 nitrogen and oxygen atoms in total. The molecule has 0 aliphatic carbocycles. The molecule has 0 spiro atoms. The SMILES string of the molecule is COc1cc2ncc(C)n2nc1N1CC(F)(F)C1. The van der Waals surface area contributed by atoms with E-state index in [-0.39, 0.29) is 13.1 Å². The molecule has 3 rings (SSSR count). The van der Waals surface area contributed by atoms with Gasteiger partial charge in [0, 0.05) is 6.07 Å². The van der Waals surface area contributed by atoms with Crippen LogP contribution in [-0.2, 0) is 0 Å². The molecule has 1 aliphatic heterocycles. The highest BCUT2D eigenvalue weighted by atomic mass is 19.3. The minimum atomic E-state index is -2.63. The standard InChI is InChI=1S/C11H12F2N4O/c1-7-4-14-9-3-8(18-2)10(15-17(7)9)16-5-11(12,13)6-16/h3-4H,5-6H2,1-2H3. The van der Waals surface area contributed by atoms with Gasteiger partial charge < -0.3 is 9.64 Å². The second-order valence-electron chi connectivity index (χ2n) is 4.42. The number of alkyl halides is 2. The summed E-state index contributed by atoms with van der Waals surface area (Å²) >= 11 is 0. The second-order valence-corrected chi connectivity index (χ2v) is 4.42. The van der Waals surface area contributed by atoms with Crippen molar-refractivity contribution in [3.8, 4) is 5.75 Å². The Labute approximate surface area is 102 Å².